The fraction of sp³-hybridized carbons (Fsp3) is 0.625. The molecule has 19 heavy (non-hydrogen) atoms. The molecule has 0 radical (unpaired) electrons. The van der Waals surface area contributed by atoms with Crippen molar-refractivity contribution in [1.29, 1.82) is 0 Å². The van der Waals surface area contributed by atoms with Gasteiger partial charge in [0.15, 0.2) is 0 Å². The number of nitrogens with one attached hydrogen (secondary N) is 1. The van der Waals surface area contributed by atoms with Gasteiger partial charge >= 0.3 is 0 Å². The Morgan fingerprint density at radius 2 is 1.79 bits per heavy atom. The molecule has 1 aromatic rings. The largest absolute Gasteiger partial charge is 0.494 e. The molecule has 0 fully saturated rings. The lowest BCUT2D eigenvalue weighted by Crippen LogP contribution is -2.19. The zero-order valence-electron chi connectivity index (χ0n) is 12.4. The molecule has 0 amide bonds. The van der Waals surface area contributed by atoms with Crippen molar-refractivity contribution in [2.45, 2.75) is 33.1 Å². The molecule has 0 aliphatic carbocycles. The first kappa shape index (κ1) is 16.0. The lowest BCUT2D eigenvalue weighted by atomic mass is 10.0. The zero-order valence-corrected chi connectivity index (χ0v) is 12.4. The lowest BCUT2D eigenvalue weighted by molar-refractivity contribution is 0.121. The molecule has 1 N–H and O–H groups in total. The average Bonchev–Trinajstić information content (AvgIpc) is 2.42. The van der Waals surface area contributed by atoms with E-state index in [0.717, 1.165) is 38.5 Å². The lowest BCUT2D eigenvalue weighted by Gasteiger charge is -2.09. The second-order valence-corrected chi connectivity index (χ2v) is 4.89. The van der Waals surface area contributed by atoms with Crippen LogP contribution in [0.25, 0.3) is 0 Å². The Morgan fingerprint density at radius 1 is 1.05 bits per heavy atom. The second-order valence-electron chi connectivity index (χ2n) is 4.89. The highest BCUT2D eigenvalue weighted by molar-refractivity contribution is 5.28. The molecular formula is C16H27NO2. The van der Waals surface area contributed by atoms with E-state index in [1.165, 1.54) is 5.56 Å². The van der Waals surface area contributed by atoms with Gasteiger partial charge in [0, 0.05) is 19.6 Å². The van der Waals surface area contributed by atoms with Crippen molar-refractivity contribution in [2.75, 3.05) is 32.9 Å². The molecule has 0 spiro atoms. The van der Waals surface area contributed by atoms with Gasteiger partial charge in [0.05, 0.1) is 13.2 Å². The Balaban J connectivity index is 2.06. The summed E-state index contributed by atoms with van der Waals surface area (Å²) in [6.07, 6.45) is 0.929. The molecule has 3 nitrogen and oxygen atoms in total. The predicted molar refractivity (Wildman–Crippen MR) is 80.0 cm³/mol. The van der Waals surface area contributed by atoms with Crippen LogP contribution in [0.3, 0.4) is 0 Å². The zero-order chi connectivity index (χ0) is 13.9. The first-order chi connectivity index (χ1) is 9.24. The van der Waals surface area contributed by atoms with Gasteiger partial charge in [-0.25, -0.2) is 0 Å². The van der Waals surface area contributed by atoms with Crippen LogP contribution in [0.1, 0.15) is 38.7 Å². The van der Waals surface area contributed by atoms with Crippen molar-refractivity contribution in [3.63, 3.8) is 0 Å². The molecule has 0 saturated carbocycles. The van der Waals surface area contributed by atoms with Crippen LogP contribution in [-0.4, -0.2) is 32.9 Å². The Morgan fingerprint density at radius 3 is 2.42 bits per heavy atom. The van der Waals surface area contributed by atoms with Crippen molar-refractivity contribution >= 4 is 0 Å². The molecule has 0 unspecified atom stereocenters. The molecule has 0 aliphatic rings. The maximum atomic E-state index is 5.67. The van der Waals surface area contributed by atoms with Gasteiger partial charge in [-0.2, -0.15) is 0 Å². The maximum absolute atomic E-state index is 5.67. The van der Waals surface area contributed by atoms with E-state index < -0.39 is 0 Å². The molecule has 1 rings (SSSR count). The van der Waals surface area contributed by atoms with Gasteiger partial charge in [0.1, 0.15) is 5.75 Å². The topological polar surface area (TPSA) is 30.5 Å². The fourth-order valence-electron chi connectivity index (χ4n) is 1.72. The van der Waals surface area contributed by atoms with E-state index in [2.05, 4.69) is 38.2 Å². The summed E-state index contributed by atoms with van der Waals surface area (Å²) in [5.74, 6) is 1.51. The molecule has 108 valence electrons. The predicted octanol–water partition coefficient (Wildman–Crippen LogP) is 3.21. The number of hydrogen-bond donors (Lipinski definition) is 1. The number of ether oxygens (including phenoxy) is 2. The first-order valence-electron chi connectivity index (χ1n) is 7.25. The van der Waals surface area contributed by atoms with Gasteiger partial charge in [-0.05, 0) is 30.2 Å². The van der Waals surface area contributed by atoms with E-state index in [4.69, 9.17) is 9.47 Å². The summed E-state index contributed by atoms with van der Waals surface area (Å²) < 4.78 is 11.2. The fourth-order valence-corrected chi connectivity index (χ4v) is 1.72. The monoisotopic (exact) mass is 265 g/mol. The minimum Gasteiger partial charge on any atom is -0.494 e. The van der Waals surface area contributed by atoms with Crippen LogP contribution in [0.15, 0.2) is 24.3 Å². The summed E-state index contributed by atoms with van der Waals surface area (Å²) in [6, 6.07) is 8.35. The van der Waals surface area contributed by atoms with Crippen LogP contribution in [0.4, 0.5) is 0 Å². The van der Waals surface area contributed by atoms with Gasteiger partial charge in [-0.1, -0.05) is 32.9 Å². The highest BCUT2D eigenvalue weighted by Gasteiger charge is 1.99. The van der Waals surface area contributed by atoms with E-state index in [1.54, 1.807) is 0 Å². The van der Waals surface area contributed by atoms with Crippen molar-refractivity contribution in [3.05, 3.63) is 29.8 Å². The highest BCUT2D eigenvalue weighted by Crippen LogP contribution is 2.18. The number of hydrogen-bond acceptors (Lipinski definition) is 3. The van der Waals surface area contributed by atoms with Crippen LogP contribution in [0.5, 0.6) is 5.75 Å². The summed E-state index contributed by atoms with van der Waals surface area (Å²) in [5, 5.41) is 3.22. The number of benzene rings is 1. The molecule has 0 heterocycles. The molecular weight excluding hydrogens is 238 g/mol. The standard InChI is InChI=1S/C16H27NO2/c1-4-17-10-13-18-11-5-12-19-16-8-6-15(7-9-16)14(2)3/h6-9,14,17H,4-5,10-13H2,1-3H3. The summed E-state index contributed by atoms with van der Waals surface area (Å²) >= 11 is 0. The average molecular weight is 265 g/mol. The minimum absolute atomic E-state index is 0.569. The molecule has 0 aliphatic heterocycles. The molecule has 0 aromatic heterocycles. The Kier molecular flexibility index (Phi) is 8.26. The van der Waals surface area contributed by atoms with Crippen LogP contribution < -0.4 is 10.1 Å². The highest BCUT2D eigenvalue weighted by atomic mass is 16.5. The summed E-state index contributed by atoms with van der Waals surface area (Å²) in [5.41, 5.74) is 1.35. The van der Waals surface area contributed by atoms with Gasteiger partial charge < -0.3 is 14.8 Å². The molecule has 1 aromatic carbocycles. The smallest absolute Gasteiger partial charge is 0.119 e. The van der Waals surface area contributed by atoms with Crippen LogP contribution in [-0.2, 0) is 4.74 Å². The van der Waals surface area contributed by atoms with Gasteiger partial charge in [-0.3, -0.25) is 0 Å². The Hall–Kier alpha value is -1.06. The maximum Gasteiger partial charge on any atom is 0.119 e. The van der Waals surface area contributed by atoms with E-state index >= 15 is 0 Å². The third-order valence-electron chi connectivity index (χ3n) is 2.92. The molecule has 0 atom stereocenters. The molecule has 0 saturated heterocycles. The van der Waals surface area contributed by atoms with E-state index in [1.807, 2.05) is 12.1 Å². The van der Waals surface area contributed by atoms with Crippen molar-refractivity contribution in [1.82, 2.24) is 5.32 Å². The van der Waals surface area contributed by atoms with Crippen LogP contribution in [0.2, 0.25) is 0 Å². The number of likely N-dealkylation sites (N-methyl/N-ethyl adjacent to an activating group) is 1. The summed E-state index contributed by atoms with van der Waals surface area (Å²) in [7, 11) is 0. The Labute approximate surface area is 117 Å². The normalized spacial score (nSPS) is 10.9. The summed E-state index contributed by atoms with van der Waals surface area (Å²) in [4.78, 5) is 0. The molecule has 0 bridgehead atoms. The SMILES string of the molecule is CCNCCOCCCOc1ccc(C(C)C)cc1. The first-order valence-corrected chi connectivity index (χ1v) is 7.25. The third kappa shape index (κ3) is 7.19. The van der Waals surface area contributed by atoms with Crippen LogP contribution in [0, 0.1) is 0 Å². The summed E-state index contributed by atoms with van der Waals surface area (Å²) in [6.45, 7) is 10.7. The van der Waals surface area contributed by atoms with E-state index in [0.29, 0.717) is 12.5 Å². The minimum atomic E-state index is 0.569. The van der Waals surface area contributed by atoms with E-state index in [-0.39, 0.29) is 0 Å². The second kappa shape index (κ2) is 9.82. The quantitative estimate of drug-likeness (QED) is 0.659. The van der Waals surface area contributed by atoms with Crippen molar-refractivity contribution in [3.8, 4) is 5.75 Å². The van der Waals surface area contributed by atoms with Crippen molar-refractivity contribution in [2.24, 2.45) is 0 Å². The number of rotatable bonds is 10. The van der Waals surface area contributed by atoms with Gasteiger partial charge in [0.25, 0.3) is 0 Å². The van der Waals surface area contributed by atoms with E-state index in [9.17, 15) is 0 Å². The van der Waals surface area contributed by atoms with Gasteiger partial charge in [0.2, 0.25) is 0 Å². The van der Waals surface area contributed by atoms with Crippen LogP contribution >= 0.6 is 0 Å². The molecule has 3 heteroatoms. The third-order valence-corrected chi connectivity index (χ3v) is 2.92. The van der Waals surface area contributed by atoms with Gasteiger partial charge in [-0.15, -0.1) is 0 Å². The Bertz CT molecular complexity index is 322. The van der Waals surface area contributed by atoms with Crippen molar-refractivity contribution < 1.29 is 9.47 Å².